The highest BCUT2D eigenvalue weighted by Gasteiger charge is 2.30. The van der Waals surface area contributed by atoms with Gasteiger partial charge in [-0.1, -0.05) is 30.3 Å². The number of rotatable bonds is 8. The topological polar surface area (TPSA) is 76.1 Å². The molecular weight excluding hydrogens is 416 g/mol. The molecule has 1 aliphatic heterocycles. The highest BCUT2D eigenvalue weighted by molar-refractivity contribution is 7.89. The van der Waals surface area contributed by atoms with E-state index >= 15 is 0 Å². The van der Waals surface area contributed by atoms with Crippen LogP contribution in [0.25, 0.3) is 0 Å². The average molecular weight is 447 g/mol. The Labute approximate surface area is 184 Å². The lowest BCUT2D eigenvalue weighted by Gasteiger charge is -2.33. The van der Waals surface area contributed by atoms with E-state index in [0.29, 0.717) is 24.8 Å². The molecule has 168 valence electrons. The van der Waals surface area contributed by atoms with Crippen molar-refractivity contribution in [2.75, 3.05) is 40.9 Å². The van der Waals surface area contributed by atoms with E-state index in [4.69, 9.17) is 9.47 Å². The number of nitrogens with zero attached hydrogens (tertiary/aromatic N) is 2. The summed E-state index contributed by atoms with van der Waals surface area (Å²) in [5, 5.41) is 0. The number of carbonyl (C=O) groups excluding carboxylic acids is 1. The number of ether oxygens (including phenoxy) is 2. The SMILES string of the molecule is COc1ccc(OC)c(S(=O)(=O)N(C)CC(=O)N2CCC(Cc3ccccc3)CC2)c1. The predicted molar refractivity (Wildman–Crippen MR) is 119 cm³/mol. The third-order valence-corrected chi connectivity index (χ3v) is 7.58. The second-order valence-corrected chi connectivity index (χ2v) is 9.81. The van der Waals surface area contributed by atoms with E-state index in [1.54, 1.807) is 17.0 Å². The summed E-state index contributed by atoms with van der Waals surface area (Å²) in [6, 6.07) is 14.9. The lowest BCUT2D eigenvalue weighted by atomic mass is 9.90. The fourth-order valence-corrected chi connectivity index (χ4v) is 5.15. The average Bonchev–Trinajstić information content (AvgIpc) is 2.79. The van der Waals surface area contributed by atoms with Gasteiger partial charge < -0.3 is 14.4 Å². The van der Waals surface area contributed by atoms with E-state index in [2.05, 4.69) is 12.1 Å². The van der Waals surface area contributed by atoms with E-state index in [0.717, 1.165) is 23.6 Å². The number of amides is 1. The Morgan fingerprint density at radius 1 is 1.06 bits per heavy atom. The number of carbonyl (C=O) groups is 1. The van der Waals surface area contributed by atoms with Gasteiger partial charge in [0.15, 0.2) is 0 Å². The number of piperidine rings is 1. The van der Waals surface area contributed by atoms with E-state index < -0.39 is 10.0 Å². The van der Waals surface area contributed by atoms with Crippen LogP contribution in [0.4, 0.5) is 0 Å². The zero-order chi connectivity index (χ0) is 22.4. The highest BCUT2D eigenvalue weighted by Crippen LogP contribution is 2.30. The summed E-state index contributed by atoms with van der Waals surface area (Å²) in [5.74, 6) is 0.960. The Hall–Kier alpha value is -2.58. The summed E-state index contributed by atoms with van der Waals surface area (Å²) in [5.41, 5.74) is 1.31. The maximum atomic E-state index is 13.1. The molecule has 0 bridgehead atoms. The van der Waals surface area contributed by atoms with Gasteiger partial charge in [0.25, 0.3) is 0 Å². The van der Waals surface area contributed by atoms with Crippen LogP contribution >= 0.6 is 0 Å². The fraction of sp³-hybridized carbons (Fsp3) is 0.435. The third kappa shape index (κ3) is 5.57. The van der Waals surface area contributed by atoms with Crippen LogP contribution in [0.1, 0.15) is 18.4 Å². The van der Waals surface area contributed by atoms with Gasteiger partial charge in [-0.3, -0.25) is 4.79 Å². The molecule has 0 atom stereocenters. The van der Waals surface area contributed by atoms with Crippen molar-refractivity contribution in [1.29, 1.82) is 0 Å². The Bertz CT molecular complexity index is 986. The zero-order valence-electron chi connectivity index (χ0n) is 18.3. The van der Waals surface area contributed by atoms with Crippen molar-refractivity contribution in [3.8, 4) is 11.5 Å². The molecule has 3 rings (SSSR count). The van der Waals surface area contributed by atoms with Crippen molar-refractivity contribution in [3.63, 3.8) is 0 Å². The second-order valence-electron chi connectivity index (χ2n) is 7.79. The van der Waals surface area contributed by atoms with Crippen molar-refractivity contribution in [2.45, 2.75) is 24.2 Å². The molecule has 1 fully saturated rings. The molecule has 0 N–H and O–H groups in total. The number of hydrogen-bond donors (Lipinski definition) is 0. The Kier molecular flexibility index (Phi) is 7.56. The number of likely N-dealkylation sites (N-methyl/N-ethyl adjacent to an activating group) is 1. The molecule has 1 aliphatic rings. The normalized spacial score (nSPS) is 15.2. The van der Waals surface area contributed by atoms with Crippen LogP contribution in [-0.4, -0.2) is 64.4 Å². The first-order valence-corrected chi connectivity index (χ1v) is 11.8. The fourth-order valence-electron chi connectivity index (χ4n) is 3.86. The second kappa shape index (κ2) is 10.2. The minimum Gasteiger partial charge on any atom is -0.497 e. The Morgan fingerprint density at radius 3 is 2.35 bits per heavy atom. The lowest BCUT2D eigenvalue weighted by molar-refractivity contribution is -0.132. The molecule has 0 aliphatic carbocycles. The molecule has 0 radical (unpaired) electrons. The number of sulfonamides is 1. The van der Waals surface area contributed by atoms with Gasteiger partial charge in [0, 0.05) is 26.2 Å². The summed E-state index contributed by atoms with van der Waals surface area (Å²) >= 11 is 0. The molecule has 0 unspecified atom stereocenters. The molecule has 31 heavy (non-hydrogen) atoms. The summed E-state index contributed by atoms with van der Waals surface area (Å²) in [6.45, 7) is 1.07. The van der Waals surface area contributed by atoms with Crippen LogP contribution in [0.2, 0.25) is 0 Å². The van der Waals surface area contributed by atoms with Crippen LogP contribution < -0.4 is 9.47 Å². The first-order valence-electron chi connectivity index (χ1n) is 10.3. The Balaban J connectivity index is 1.60. The van der Waals surface area contributed by atoms with Gasteiger partial charge >= 0.3 is 0 Å². The largest absolute Gasteiger partial charge is 0.497 e. The number of likely N-dealkylation sites (tertiary alicyclic amines) is 1. The predicted octanol–water partition coefficient (Wildman–Crippen LogP) is 2.81. The summed E-state index contributed by atoms with van der Waals surface area (Å²) in [6.07, 6.45) is 2.84. The maximum absolute atomic E-state index is 13.1. The number of methoxy groups -OCH3 is 2. The third-order valence-electron chi connectivity index (χ3n) is 5.75. The minimum atomic E-state index is -3.92. The zero-order valence-corrected chi connectivity index (χ0v) is 19.1. The first-order chi connectivity index (χ1) is 14.8. The molecule has 1 heterocycles. The smallest absolute Gasteiger partial charge is 0.247 e. The van der Waals surface area contributed by atoms with Crippen LogP contribution in [0.3, 0.4) is 0 Å². The Morgan fingerprint density at radius 2 is 1.74 bits per heavy atom. The van der Waals surface area contributed by atoms with E-state index in [-0.39, 0.29) is 23.1 Å². The summed E-state index contributed by atoms with van der Waals surface area (Å²) < 4.78 is 37.6. The lowest BCUT2D eigenvalue weighted by Crippen LogP contribution is -2.44. The summed E-state index contributed by atoms with van der Waals surface area (Å²) in [7, 11) is 0.366. The molecule has 1 amide bonds. The van der Waals surface area contributed by atoms with Crippen molar-refractivity contribution < 1.29 is 22.7 Å². The van der Waals surface area contributed by atoms with Gasteiger partial charge in [-0.2, -0.15) is 4.31 Å². The maximum Gasteiger partial charge on any atom is 0.247 e. The number of benzene rings is 2. The van der Waals surface area contributed by atoms with Crippen LogP contribution in [0, 0.1) is 5.92 Å². The van der Waals surface area contributed by atoms with Gasteiger partial charge in [-0.25, -0.2) is 8.42 Å². The molecule has 8 heteroatoms. The molecule has 2 aromatic rings. The van der Waals surface area contributed by atoms with Gasteiger partial charge in [-0.15, -0.1) is 0 Å². The van der Waals surface area contributed by atoms with E-state index in [1.165, 1.54) is 32.9 Å². The standard InChI is InChI=1S/C23H30N2O5S/c1-24(31(27,28)22-16-20(29-2)9-10-21(22)30-3)17-23(26)25-13-11-19(12-14-25)15-18-7-5-4-6-8-18/h4-10,16,19H,11-15,17H2,1-3H3. The van der Waals surface area contributed by atoms with Crippen molar-refractivity contribution in [3.05, 3.63) is 54.1 Å². The molecule has 7 nitrogen and oxygen atoms in total. The monoisotopic (exact) mass is 446 g/mol. The molecule has 0 aromatic heterocycles. The first kappa shape index (κ1) is 23.1. The van der Waals surface area contributed by atoms with Crippen LogP contribution in [0.5, 0.6) is 11.5 Å². The van der Waals surface area contributed by atoms with E-state index in [1.807, 2.05) is 18.2 Å². The van der Waals surface area contributed by atoms with Gasteiger partial charge in [-0.05, 0) is 42.9 Å². The quantitative estimate of drug-likeness (QED) is 0.623. The van der Waals surface area contributed by atoms with Gasteiger partial charge in [0.1, 0.15) is 16.4 Å². The van der Waals surface area contributed by atoms with Crippen molar-refractivity contribution in [1.82, 2.24) is 9.21 Å². The van der Waals surface area contributed by atoms with Crippen molar-refractivity contribution in [2.24, 2.45) is 5.92 Å². The highest BCUT2D eigenvalue weighted by atomic mass is 32.2. The van der Waals surface area contributed by atoms with Crippen LogP contribution in [0.15, 0.2) is 53.4 Å². The van der Waals surface area contributed by atoms with E-state index in [9.17, 15) is 13.2 Å². The molecule has 2 aromatic carbocycles. The molecular formula is C23H30N2O5S. The number of hydrogen-bond acceptors (Lipinski definition) is 5. The molecule has 1 saturated heterocycles. The summed E-state index contributed by atoms with van der Waals surface area (Å²) in [4.78, 5) is 14.5. The van der Waals surface area contributed by atoms with Gasteiger partial charge in [0.05, 0.1) is 20.8 Å². The van der Waals surface area contributed by atoms with Gasteiger partial charge in [0.2, 0.25) is 15.9 Å². The van der Waals surface area contributed by atoms with Crippen molar-refractivity contribution >= 4 is 15.9 Å². The minimum absolute atomic E-state index is 0.0220. The van der Waals surface area contributed by atoms with Crippen LogP contribution in [-0.2, 0) is 21.2 Å². The molecule has 0 saturated carbocycles. The molecule has 0 spiro atoms.